The number of anilines is 1. The van der Waals surface area contributed by atoms with Gasteiger partial charge in [0, 0.05) is 13.1 Å². The Labute approximate surface area is 161 Å². The minimum absolute atomic E-state index is 0.179. The topological polar surface area (TPSA) is 53.6 Å². The van der Waals surface area contributed by atoms with Gasteiger partial charge >= 0.3 is 6.03 Å². The van der Waals surface area contributed by atoms with Gasteiger partial charge in [0.05, 0.1) is 12.8 Å². The van der Waals surface area contributed by atoms with Crippen molar-refractivity contribution in [3.63, 3.8) is 0 Å². The second-order valence-corrected chi connectivity index (χ2v) is 7.18. The average Bonchev–Trinajstić information content (AvgIpc) is 2.69. The van der Waals surface area contributed by atoms with Crippen molar-refractivity contribution in [3.8, 4) is 5.75 Å². The second-order valence-electron chi connectivity index (χ2n) is 7.18. The summed E-state index contributed by atoms with van der Waals surface area (Å²) in [5, 5.41) is 5.86. The Morgan fingerprint density at radius 2 is 1.81 bits per heavy atom. The van der Waals surface area contributed by atoms with Gasteiger partial charge in [0.25, 0.3) is 0 Å². The fourth-order valence-electron chi connectivity index (χ4n) is 3.53. The summed E-state index contributed by atoms with van der Waals surface area (Å²) in [6, 6.07) is 15.8. The number of methoxy groups -OCH3 is 1. The first-order valence-electron chi connectivity index (χ1n) is 9.60. The van der Waals surface area contributed by atoms with Crippen molar-refractivity contribution in [2.45, 2.75) is 26.3 Å². The van der Waals surface area contributed by atoms with Crippen LogP contribution in [0.3, 0.4) is 0 Å². The smallest absolute Gasteiger partial charge is 0.319 e. The summed E-state index contributed by atoms with van der Waals surface area (Å²) in [6.45, 7) is 6.05. The van der Waals surface area contributed by atoms with Crippen LogP contribution in [-0.2, 0) is 6.54 Å². The first-order valence-corrected chi connectivity index (χ1v) is 9.60. The number of piperidine rings is 1. The molecule has 0 spiro atoms. The summed E-state index contributed by atoms with van der Waals surface area (Å²) in [7, 11) is 1.60. The number of rotatable bonds is 6. The molecule has 0 aromatic heterocycles. The Kier molecular flexibility index (Phi) is 6.71. The second kappa shape index (κ2) is 9.42. The summed E-state index contributed by atoms with van der Waals surface area (Å²) in [6.07, 6.45) is 2.22. The maximum Gasteiger partial charge on any atom is 0.319 e. The van der Waals surface area contributed by atoms with Crippen LogP contribution < -0.4 is 15.4 Å². The maximum absolute atomic E-state index is 12.2. The molecule has 1 aliphatic rings. The van der Waals surface area contributed by atoms with Gasteiger partial charge in [-0.2, -0.15) is 0 Å². The molecule has 0 aliphatic carbocycles. The van der Waals surface area contributed by atoms with E-state index in [-0.39, 0.29) is 6.03 Å². The lowest BCUT2D eigenvalue weighted by Crippen LogP contribution is -2.39. The van der Waals surface area contributed by atoms with Crippen molar-refractivity contribution in [3.05, 3.63) is 59.7 Å². The number of hydrogen-bond donors (Lipinski definition) is 2. The highest BCUT2D eigenvalue weighted by atomic mass is 16.5. The van der Waals surface area contributed by atoms with Crippen LogP contribution in [0.25, 0.3) is 0 Å². The number of ether oxygens (including phenoxy) is 1. The number of nitrogens with zero attached hydrogens (tertiary/aromatic N) is 1. The summed E-state index contributed by atoms with van der Waals surface area (Å²) < 4.78 is 5.26. The lowest BCUT2D eigenvalue weighted by Gasteiger charge is -2.32. The molecule has 3 rings (SSSR count). The number of likely N-dealkylation sites (tertiary alicyclic amines) is 1. The molecule has 0 unspecified atom stereocenters. The van der Waals surface area contributed by atoms with Gasteiger partial charge in [-0.05, 0) is 62.0 Å². The molecule has 144 valence electrons. The van der Waals surface area contributed by atoms with Crippen LogP contribution in [0.1, 0.15) is 24.0 Å². The van der Waals surface area contributed by atoms with E-state index in [1.54, 1.807) is 7.11 Å². The number of carbonyl (C=O) groups excluding carboxylic acids is 1. The van der Waals surface area contributed by atoms with Crippen LogP contribution in [0.4, 0.5) is 10.5 Å². The standard InChI is InChI=1S/C22H29N3O2/c1-17-7-3-4-8-19(17)16-25-13-11-18(12-14-25)15-23-22(26)24-20-9-5-6-10-21(20)27-2/h3-10,18H,11-16H2,1-2H3,(H2,23,24,26). The molecular weight excluding hydrogens is 338 g/mol. The van der Waals surface area contributed by atoms with Crippen LogP contribution in [0.2, 0.25) is 0 Å². The molecule has 27 heavy (non-hydrogen) atoms. The van der Waals surface area contributed by atoms with E-state index in [1.807, 2.05) is 24.3 Å². The molecule has 1 saturated heterocycles. The Hall–Kier alpha value is -2.53. The quantitative estimate of drug-likeness (QED) is 0.810. The van der Waals surface area contributed by atoms with Crippen molar-refractivity contribution in [1.82, 2.24) is 10.2 Å². The van der Waals surface area contributed by atoms with Crippen LogP contribution in [0.5, 0.6) is 5.75 Å². The normalized spacial score (nSPS) is 15.3. The number of carbonyl (C=O) groups is 1. The summed E-state index contributed by atoms with van der Waals surface area (Å²) in [5.41, 5.74) is 3.45. The number of aryl methyl sites for hydroxylation is 1. The van der Waals surface area contributed by atoms with Crippen LogP contribution >= 0.6 is 0 Å². The van der Waals surface area contributed by atoms with Gasteiger partial charge in [-0.25, -0.2) is 4.79 Å². The molecule has 2 aromatic carbocycles. The van der Waals surface area contributed by atoms with Gasteiger partial charge in [0.1, 0.15) is 5.75 Å². The molecule has 0 bridgehead atoms. The van der Waals surface area contributed by atoms with E-state index in [9.17, 15) is 4.79 Å². The molecule has 0 saturated carbocycles. The van der Waals surface area contributed by atoms with E-state index in [0.717, 1.165) is 32.5 Å². The number of nitrogens with one attached hydrogen (secondary N) is 2. The summed E-state index contributed by atoms with van der Waals surface area (Å²) in [5.74, 6) is 1.19. The molecule has 0 atom stereocenters. The summed E-state index contributed by atoms with van der Waals surface area (Å²) in [4.78, 5) is 14.7. The molecule has 1 heterocycles. The zero-order chi connectivity index (χ0) is 19.1. The average molecular weight is 367 g/mol. The van der Waals surface area contributed by atoms with Crippen molar-refractivity contribution in [2.24, 2.45) is 5.92 Å². The van der Waals surface area contributed by atoms with Gasteiger partial charge < -0.3 is 15.4 Å². The largest absolute Gasteiger partial charge is 0.495 e. The van der Waals surface area contributed by atoms with E-state index in [1.165, 1.54) is 11.1 Å². The molecule has 1 fully saturated rings. The molecule has 0 radical (unpaired) electrons. The highest BCUT2D eigenvalue weighted by Gasteiger charge is 2.20. The van der Waals surface area contributed by atoms with E-state index >= 15 is 0 Å². The number of urea groups is 1. The molecule has 2 aromatic rings. The van der Waals surface area contributed by atoms with E-state index < -0.39 is 0 Å². The van der Waals surface area contributed by atoms with Gasteiger partial charge in [0.2, 0.25) is 0 Å². The van der Waals surface area contributed by atoms with Crippen molar-refractivity contribution < 1.29 is 9.53 Å². The Morgan fingerprint density at radius 1 is 1.11 bits per heavy atom. The first kappa shape index (κ1) is 19.2. The highest BCUT2D eigenvalue weighted by molar-refractivity contribution is 5.90. The van der Waals surface area contributed by atoms with E-state index in [4.69, 9.17) is 4.74 Å². The summed E-state index contributed by atoms with van der Waals surface area (Å²) >= 11 is 0. The van der Waals surface area contributed by atoms with Crippen molar-refractivity contribution >= 4 is 11.7 Å². The van der Waals surface area contributed by atoms with Crippen LogP contribution in [-0.4, -0.2) is 37.7 Å². The minimum Gasteiger partial charge on any atom is -0.495 e. The maximum atomic E-state index is 12.2. The van der Waals surface area contributed by atoms with Crippen molar-refractivity contribution in [1.29, 1.82) is 0 Å². The van der Waals surface area contributed by atoms with Gasteiger partial charge in [-0.15, -0.1) is 0 Å². The SMILES string of the molecule is COc1ccccc1NC(=O)NCC1CCN(Cc2ccccc2C)CC1. The first-order chi connectivity index (χ1) is 13.2. The van der Waals surface area contributed by atoms with Crippen LogP contribution in [0.15, 0.2) is 48.5 Å². The molecule has 2 amide bonds. The predicted molar refractivity (Wildman–Crippen MR) is 109 cm³/mol. The zero-order valence-corrected chi connectivity index (χ0v) is 16.2. The van der Waals surface area contributed by atoms with E-state index in [2.05, 4.69) is 46.7 Å². The predicted octanol–water partition coefficient (Wildman–Crippen LogP) is 4.04. The molecule has 5 nitrogen and oxygen atoms in total. The lowest BCUT2D eigenvalue weighted by molar-refractivity contribution is 0.175. The third-order valence-electron chi connectivity index (χ3n) is 5.27. The molecular formula is C22H29N3O2. The van der Waals surface area contributed by atoms with Gasteiger partial charge in [-0.1, -0.05) is 36.4 Å². The van der Waals surface area contributed by atoms with Crippen molar-refractivity contribution in [2.75, 3.05) is 32.1 Å². The zero-order valence-electron chi connectivity index (χ0n) is 16.2. The Bertz CT molecular complexity index is 755. The third kappa shape index (κ3) is 5.47. The lowest BCUT2D eigenvalue weighted by atomic mass is 9.96. The van der Waals surface area contributed by atoms with Gasteiger partial charge in [-0.3, -0.25) is 4.90 Å². The number of amides is 2. The number of hydrogen-bond acceptors (Lipinski definition) is 3. The number of benzene rings is 2. The molecule has 5 heteroatoms. The minimum atomic E-state index is -0.179. The number of para-hydroxylation sites is 2. The van der Waals surface area contributed by atoms with Crippen LogP contribution in [0, 0.1) is 12.8 Å². The Morgan fingerprint density at radius 3 is 2.56 bits per heavy atom. The highest BCUT2D eigenvalue weighted by Crippen LogP contribution is 2.23. The molecule has 2 N–H and O–H groups in total. The molecule has 1 aliphatic heterocycles. The Balaban J connectivity index is 1.40. The fraction of sp³-hybridized carbons (Fsp3) is 0.409. The monoisotopic (exact) mass is 367 g/mol. The van der Waals surface area contributed by atoms with E-state index in [0.29, 0.717) is 23.9 Å². The fourth-order valence-corrected chi connectivity index (χ4v) is 3.53. The van der Waals surface area contributed by atoms with Gasteiger partial charge in [0.15, 0.2) is 0 Å². The third-order valence-corrected chi connectivity index (χ3v) is 5.27.